The maximum atomic E-state index is 5.42. The molecule has 0 spiro atoms. The van der Waals surface area contributed by atoms with E-state index in [9.17, 15) is 0 Å². The molecule has 2 aliphatic rings. The van der Waals surface area contributed by atoms with Gasteiger partial charge in [0, 0.05) is 6.54 Å². The van der Waals surface area contributed by atoms with Crippen molar-refractivity contribution in [2.75, 3.05) is 6.54 Å². The highest BCUT2D eigenvalue weighted by molar-refractivity contribution is 5.00. The molecule has 0 radical (unpaired) electrons. The minimum Gasteiger partial charge on any atom is -0.327 e. The van der Waals surface area contributed by atoms with Crippen molar-refractivity contribution in [2.24, 2.45) is 23.5 Å². The molecule has 0 aromatic rings. The molecule has 11 heavy (non-hydrogen) atoms. The second-order valence-electron chi connectivity index (χ2n) is 4.00. The number of hydrogen-bond acceptors (Lipinski definition) is 1. The summed E-state index contributed by atoms with van der Waals surface area (Å²) in [5, 5.41) is 0. The molecule has 2 bridgehead atoms. The molecule has 0 aliphatic heterocycles. The molecule has 2 fully saturated rings. The molecule has 62 valence electrons. The monoisotopic (exact) mass is 151 g/mol. The summed E-state index contributed by atoms with van der Waals surface area (Å²) in [5.41, 5.74) is 5.42. The van der Waals surface area contributed by atoms with Gasteiger partial charge in [0.25, 0.3) is 0 Å². The molecule has 0 amide bonds. The highest BCUT2D eigenvalue weighted by Crippen LogP contribution is 2.48. The smallest absolute Gasteiger partial charge is 0.0106 e. The first-order valence-corrected chi connectivity index (χ1v) is 4.77. The Kier molecular flexibility index (Phi) is 1.99. The summed E-state index contributed by atoms with van der Waals surface area (Å²) >= 11 is 0. The Morgan fingerprint density at radius 1 is 1.27 bits per heavy atom. The van der Waals surface area contributed by atoms with E-state index in [1.807, 2.05) is 0 Å². The Labute approximate surface area is 68.7 Å². The van der Waals surface area contributed by atoms with Crippen molar-refractivity contribution < 1.29 is 0 Å². The van der Waals surface area contributed by atoms with Crippen LogP contribution in [0.2, 0.25) is 0 Å². The van der Waals surface area contributed by atoms with Crippen molar-refractivity contribution >= 4 is 0 Å². The molecule has 0 heterocycles. The average Bonchev–Trinajstić information content (AvgIpc) is 2.60. The summed E-state index contributed by atoms with van der Waals surface area (Å²) < 4.78 is 0. The third kappa shape index (κ3) is 1.34. The van der Waals surface area contributed by atoms with Crippen LogP contribution in [0.1, 0.15) is 25.7 Å². The lowest BCUT2D eigenvalue weighted by Crippen LogP contribution is -2.07. The Hall–Kier alpha value is -0.300. The van der Waals surface area contributed by atoms with Crippen LogP contribution in [-0.4, -0.2) is 6.54 Å². The standard InChI is InChI=1S/C10H17N/c11-5-1-2-9-6-8-3-4-10(9)7-8/h1-2,8-10H,3-7,11H2/b2-1+. The number of fused-ring (bicyclic) bond motifs is 2. The van der Waals surface area contributed by atoms with Crippen molar-refractivity contribution in [2.45, 2.75) is 25.7 Å². The lowest BCUT2D eigenvalue weighted by Gasteiger charge is -2.17. The van der Waals surface area contributed by atoms with Crippen molar-refractivity contribution in [1.29, 1.82) is 0 Å². The van der Waals surface area contributed by atoms with Gasteiger partial charge in [0.2, 0.25) is 0 Å². The highest BCUT2D eigenvalue weighted by Gasteiger charge is 2.37. The topological polar surface area (TPSA) is 26.0 Å². The molecule has 3 atom stereocenters. The minimum absolute atomic E-state index is 0.716. The van der Waals surface area contributed by atoms with E-state index in [4.69, 9.17) is 5.73 Å². The fourth-order valence-electron chi connectivity index (χ4n) is 2.78. The molecule has 0 aromatic carbocycles. The van der Waals surface area contributed by atoms with Crippen LogP contribution in [0.15, 0.2) is 12.2 Å². The van der Waals surface area contributed by atoms with E-state index >= 15 is 0 Å². The predicted molar refractivity (Wildman–Crippen MR) is 47.1 cm³/mol. The number of hydrogen-bond donors (Lipinski definition) is 1. The normalized spacial score (nSPS) is 42.5. The molecule has 0 saturated heterocycles. The van der Waals surface area contributed by atoms with E-state index < -0.39 is 0 Å². The van der Waals surface area contributed by atoms with Crippen molar-refractivity contribution in [3.63, 3.8) is 0 Å². The van der Waals surface area contributed by atoms with Gasteiger partial charge >= 0.3 is 0 Å². The summed E-state index contributed by atoms with van der Waals surface area (Å²) in [6.45, 7) is 0.716. The van der Waals surface area contributed by atoms with Crippen LogP contribution in [0.25, 0.3) is 0 Å². The first-order chi connectivity index (χ1) is 5.40. The molecule has 0 aromatic heterocycles. The number of rotatable bonds is 2. The van der Waals surface area contributed by atoms with Crippen LogP contribution in [0.3, 0.4) is 0 Å². The molecule has 2 aliphatic carbocycles. The predicted octanol–water partition coefficient (Wildman–Crippen LogP) is 1.94. The fraction of sp³-hybridized carbons (Fsp3) is 0.800. The van der Waals surface area contributed by atoms with Crippen LogP contribution in [-0.2, 0) is 0 Å². The summed E-state index contributed by atoms with van der Waals surface area (Å²) in [6, 6.07) is 0. The first-order valence-electron chi connectivity index (χ1n) is 4.77. The van der Waals surface area contributed by atoms with E-state index in [0.717, 1.165) is 17.8 Å². The van der Waals surface area contributed by atoms with Crippen molar-refractivity contribution in [1.82, 2.24) is 0 Å². The Morgan fingerprint density at radius 3 is 2.73 bits per heavy atom. The zero-order chi connectivity index (χ0) is 7.68. The van der Waals surface area contributed by atoms with Crippen LogP contribution in [0.4, 0.5) is 0 Å². The summed E-state index contributed by atoms with van der Waals surface area (Å²) in [6.07, 6.45) is 10.4. The van der Waals surface area contributed by atoms with Gasteiger partial charge in [-0.05, 0) is 37.0 Å². The van der Waals surface area contributed by atoms with Gasteiger partial charge in [-0.15, -0.1) is 0 Å². The maximum absolute atomic E-state index is 5.42. The Balaban J connectivity index is 1.92. The number of allylic oxidation sites excluding steroid dienone is 1. The zero-order valence-electron chi connectivity index (χ0n) is 7.00. The highest BCUT2D eigenvalue weighted by atomic mass is 14.5. The summed E-state index contributed by atoms with van der Waals surface area (Å²) in [4.78, 5) is 0. The second-order valence-corrected chi connectivity index (χ2v) is 4.00. The lowest BCUT2D eigenvalue weighted by atomic mass is 9.89. The number of nitrogens with two attached hydrogens (primary N) is 1. The van der Waals surface area contributed by atoms with Gasteiger partial charge in [-0.25, -0.2) is 0 Å². The molecule has 1 nitrogen and oxygen atoms in total. The van der Waals surface area contributed by atoms with Crippen LogP contribution in [0.5, 0.6) is 0 Å². The van der Waals surface area contributed by atoms with Crippen molar-refractivity contribution in [3.8, 4) is 0 Å². The molecule has 1 heteroatoms. The van der Waals surface area contributed by atoms with Gasteiger partial charge in [-0.3, -0.25) is 0 Å². The molecule has 2 rings (SSSR count). The van der Waals surface area contributed by atoms with E-state index in [2.05, 4.69) is 12.2 Å². The largest absolute Gasteiger partial charge is 0.327 e. The quantitative estimate of drug-likeness (QED) is 0.600. The maximum Gasteiger partial charge on any atom is 0.0106 e. The molecule has 2 N–H and O–H groups in total. The minimum atomic E-state index is 0.716. The van der Waals surface area contributed by atoms with Crippen LogP contribution in [0, 0.1) is 17.8 Å². The van der Waals surface area contributed by atoms with Gasteiger partial charge in [0.05, 0.1) is 0 Å². The zero-order valence-corrected chi connectivity index (χ0v) is 7.00. The molecule has 3 unspecified atom stereocenters. The second kappa shape index (κ2) is 2.98. The van der Waals surface area contributed by atoms with Gasteiger partial charge in [-0.1, -0.05) is 18.6 Å². The molecule has 2 saturated carbocycles. The van der Waals surface area contributed by atoms with Crippen LogP contribution >= 0.6 is 0 Å². The van der Waals surface area contributed by atoms with E-state index in [-0.39, 0.29) is 0 Å². The lowest BCUT2D eigenvalue weighted by molar-refractivity contribution is 0.394. The van der Waals surface area contributed by atoms with Gasteiger partial charge in [0.1, 0.15) is 0 Å². The fourth-order valence-corrected chi connectivity index (χ4v) is 2.78. The third-order valence-corrected chi connectivity index (χ3v) is 3.31. The SMILES string of the molecule is NC/C=C/C1CC2CCC1C2. The van der Waals surface area contributed by atoms with Gasteiger partial charge < -0.3 is 5.73 Å². The average molecular weight is 151 g/mol. The molecular weight excluding hydrogens is 134 g/mol. The molecular formula is C10H17N. The van der Waals surface area contributed by atoms with E-state index in [0.29, 0.717) is 6.54 Å². The third-order valence-electron chi connectivity index (χ3n) is 3.31. The first kappa shape index (κ1) is 7.35. The van der Waals surface area contributed by atoms with Gasteiger partial charge in [0.15, 0.2) is 0 Å². The summed E-state index contributed by atoms with van der Waals surface area (Å²) in [7, 11) is 0. The van der Waals surface area contributed by atoms with E-state index in [1.165, 1.54) is 25.7 Å². The summed E-state index contributed by atoms with van der Waals surface area (Å²) in [5.74, 6) is 2.97. The van der Waals surface area contributed by atoms with Crippen molar-refractivity contribution in [3.05, 3.63) is 12.2 Å². The van der Waals surface area contributed by atoms with E-state index in [1.54, 1.807) is 0 Å². The Bertz CT molecular complexity index is 162. The van der Waals surface area contributed by atoms with Gasteiger partial charge in [-0.2, -0.15) is 0 Å². The Morgan fingerprint density at radius 2 is 2.18 bits per heavy atom. The van der Waals surface area contributed by atoms with Crippen LogP contribution < -0.4 is 5.73 Å².